The van der Waals surface area contributed by atoms with Gasteiger partial charge in [-0.25, -0.2) is 0 Å². The molecule has 0 saturated heterocycles. The monoisotopic (exact) mass is 356 g/mol. The third kappa shape index (κ3) is 2.62. The Morgan fingerprint density at radius 2 is 1.79 bits per heavy atom. The quantitative estimate of drug-likeness (QED) is 0.670. The van der Waals surface area contributed by atoms with E-state index in [2.05, 4.69) is 13.8 Å². The van der Waals surface area contributed by atoms with Crippen LogP contribution in [0.2, 0.25) is 0 Å². The van der Waals surface area contributed by atoms with E-state index in [1.807, 2.05) is 6.08 Å². The van der Waals surface area contributed by atoms with E-state index in [1.54, 1.807) is 6.92 Å². The number of rotatable bonds is 1. The summed E-state index contributed by atoms with van der Waals surface area (Å²) in [7, 11) is 0. The molecule has 0 aromatic carbocycles. The average molecular weight is 357 g/mol. The molecule has 0 heterocycles. The molecular weight excluding hydrogens is 324 g/mol. The summed E-state index contributed by atoms with van der Waals surface area (Å²) in [5.41, 5.74) is 1.95. The van der Waals surface area contributed by atoms with Crippen LogP contribution in [0.25, 0.3) is 0 Å². The van der Waals surface area contributed by atoms with Crippen molar-refractivity contribution in [2.24, 2.45) is 34.5 Å². The van der Waals surface area contributed by atoms with Gasteiger partial charge in [0, 0.05) is 12.3 Å². The van der Waals surface area contributed by atoms with Crippen molar-refractivity contribution in [1.29, 1.82) is 0 Å². The number of Topliss-reactive ketones (excluding diaryl/α,β-unsaturated/α-hetero) is 1. The Bertz CT molecular complexity index is 595. The SMILES string of the molecule is CC(=O)[C@H]1CC[C@H]2[C@@H]3CCC4=CC(=O)CC[C@]4(C)[C@H]3CC[C@]12C.[CaH2]. The maximum atomic E-state index is 12.1. The molecule has 0 aromatic rings. The Morgan fingerprint density at radius 1 is 1.04 bits per heavy atom. The fourth-order valence-electron chi connectivity index (χ4n) is 7.23. The van der Waals surface area contributed by atoms with Crippen molar-refractivity contribution in [2.75, 3.05) is 0 Å². The molecule has 4 aliphatic rings. The number of ketones is 2. The molecule has 0 spiro atoms. The van der Waals surface area contributed by atoms with Gasteiger partial charge in [0.1, 0.15) is 5.78 Å². The second-order valence-electron chi connectivity index (χ2n) is 9.25. The molecule has 3 fully saturated rings. The number of fused-ring (bicyclic) bond motifs is 5. The van der Waals surface area contributed by atoms with Crippen LogP contribution in [0.5, 0.6) is 0 Å². The van der Waals surface area contributed by atoms with E-state index in [1.165, 1.54) is 31.3 Å². The van der Waals surface area contributed by atoms with Crippen LogP contribution in [0.4, 0.5) is 0 Å². The van der Waals surface area contributed by atoms with Crippen LogP contribution in [-0.2, 0) is 9.59 Å². The minimum absolute atomic E-state index is 0. The van der Waals surface area contributed by atoms with Gasteiger partial charge in [-0.05, 0) is 86.5 Å². The number of carbonyl (C=O) groups excluding carboxylic acids is 2. The zero-order valence-corrected chi connectivity index (χ0v) is 14.9. The molecule has 0 N–H and O–H groups in total. The van der Waals surface area contributed by atoms with Crippen molar-refractivity contribution in [3.05, 3.63) is 11.6 Å². The molecular formula is C21H32CaO2. The number of hydrogen-bond donors (Lipinski definition) is 0. The Hall–Kier alpha value is 0.340. The van der Waals surface area contributed by atoms with Crippen LogP contribution >= 0.6 is 0 Å². The van der Waals surface area contributed by atoms with Crippen LogP contribution < -0.4 is 0 Å². The molecule has 0 radical (unpaired) electrons. The normalized spacial score (nSPS) is 47.0. The molecule has 0 bridgehead atoms. The van der Waals surface area contributed by atoms with Crippen LogP contribution in [0, 0.1) is 34.5 Å². The van der Waals surface area contributed by atoms with E-state index < -0.39 is 0 Å². The molecule has 24 heavy (non-hydrogen) atoms. The Kier molecular flexibility index (Phi) is 5.17. The predicted molar refractivity (Wildman–Crippen MR) is 99.4 cm³/mol. The molecule has 2 nitrogen and oxygen atoms in total. The van der Waals surface area contributed by atoms with E-state index >= 15 is 0 Å². The zero-order valence-electron chi connectivity index (χ0n) is 14.9. The standard InChI is InChI=1S/C21H30O2.Ca.2H/c1-13(22)17-6-7-18-16-5-4-14-12-15(23)8-10-20(14,2)19(16)9-11-21(17,18)3;;;/h12,16-19H,4-11H2,1-3H3;;;/t16-,17+,18-,19-,20-,21+;;;/m0.../s1. The van der Waals surface area contributed by atoms with Crippen molar-refractivity contribution in [2.45, 2.75) is 72.1 Å². The first-order chi connectivity index (χ1) is 10.9. The van der Waals surface area contributed by atoms with E-state index in [0.717, 1.165) is 43.4 Å². The van der Waals surface area contributed by atoms with Gasteiger partial charge >= 0.3 is 37.7 Å². The van der Waals surface area contributed by atoms with E-state index in [4.69, 9.17) is 0 Å². The second-order valence-corrected chi connectivity index (χ2v) is 9.25. The molecule has 4 rings (SSSR count). The first-order valence-corrected chi connectivity index (χ1v) is 9.60. The number of carbonyl (C=O) groups is 2. The van der Waals surface area contributed by atoms with Gasteiger partial charge in [-0.3, -0.25) is 9.59 Å². The molecule has 6 atom stereocenters. The average Bonchev–Trinajstić information content (AvgIpc) is 2.85. The molecule has 3 heteroatoms. The van der Waals surface area contributed by atoms with Gasteiger partial charge in [-0.2, -0.15) is 0 Å². The van der Waals surface area contributed by atoms with Gasteiger partial charge in [0.25, 0.3) is 0 Å². The maximum absolute atomic E-state index is 12.1. The number of hydrogen-bond acceptors (Lipinski definition) is 2. The van der Waals surface area contributed by atoms with Crippen molar-refractivity contribution in [3.63, 3.8) is 0 Å². The molecule has 4 aliphatic carbocycles. The summed E-state index contributed by atoms with van der Waals surface area (Å²) in [6.45, 7) is 6.65. The summed E-state index contributed by atoms with van der Waals surface area (Å²) < 4.78 is 0. The zero-order chi connectivity index (χ0) is 16.4. The first kappa shape index (κ1) is 19.1. The predicted octanol–water partition coefficient (Wildman–Crippen LogP) is 3.81. The molecule has 0 amide bonds. The minimum atomic E-state index is 0. The third-order valence-corrected chi connectivity index (χ3v) is 8.45. The van der Waals surface area contributed by atoms with E-state index in [0.29, 0.717) is 17.5 Å². The van der Waals surface area contributed by atoms with Gasteiger partial charge in [0.05, 0.1) is 0 Å². The van der Waals surface area contributed by atoms with Crippen molar-refractivity contribution < 1.29 is 9.59 Å². The summed E-state index contributed by atoms with van der Waals surface area (Å²) in [5, 5.41) is 0. The van der Waals surface area contributed by atoms with Crippen LogP contribution in [0.15, 0.2) is 11.6 Å². The Labute approximate surface area is 176 Å². The Morgan fingerprint density at radius 3 is 2.50 bits per heavy atom. The van der Waals surface area contributed by atoms with Crippen LogP contribution in [0.1, 0.15) is 72.1 Å². The Balaban J connectivity index is 0.00000169. The summed E-state index contributed by atoms with van der Waals surface area (Å²) >= 11 is 0. The topological polar surface area (TPSA) is 34.1 Å². The molecule has 130 valence electrons. The van der Waals surface area contributed by atoms with Crippen molar-refractivity contribution in [1.82, 2.24) is 0 Å². The van der Waals surface area contributed by atoms with Crippen molar-refractivity contribution >= 4 is 49.3 Å². The van der Waals surface area contributed by atoms with Crippen LogP contribution in [-0.4, -0.2) is 49.3 Å². The molecule has 0 aliphatic heterocycles. The van der Waals surface area contributed by atoms with Gasteiger partial charge in [-0.1, -0.05) is 19.4 Å². The summed E-state index contributed by atoms with van der Waals surface area (Å²) in [6.07, 6.45) is 10.9. The first-order valence-electron chi connectivity index (χ1n) is 9.60. The molecule has 3 saturated carbocycles. The summed E-state index contributed by atoms with van der Waals surface area (Å²) in [4.78, 5) is 24.0. The summed E-state index contributed by atoms with van der Waals surface area (Å²) in [5.74, 6) is 3.29. The van der Waals surface area contributed by atoms with Gasteiger partial charge in [0.2, 0.25) is 0 Å². The summed E-state index contributed by atoms with van der Waals surface area (Å²) in [6, 6.07) is 0. The van der Waals surface area contributed by atoms with Gasteiger partial charge in [0.15, 0.2) is 5.78 Å². The molecule has 0 aromatic heterocycles. The molecule has 0 unspecified atom stereocenters. The van der Waals surface area contributed by atoms with E-state index in [-0.39, 0.29) is 48.6 Å². The third-order valence-electron chi connectivity index (χ3n) is 8.45. The van der Waals surface area contributed by atoms with E-state index in [9.17, 15) is 9.59 Å². The van der Waals surface area contributed by atoms with Crippen LogP contribution in [0.3, 0.4) is 0 Å². The number of allylic oxidation sites excluding steroid dienone is 1. The second kappa shape index (κ2) is 6.50. The fourth-order valence-corrected chi connectivity index (χ4v) is 7.23. The fraction of sp³-hybridized carbons (Fsp3) is 0.810. The van der Waals surface area contributed by atoms with Crippen molar-refractivity contribution in [3.8, 4) is 0 Å². The van der Waals surface area contributed by atoms with Gasteiger partial charge < -0.3 is 0 Å². The van der Waals surface area contributed by atoms with Gasteiger partial charge in [-0.15, -0.1) is 0 Å².